The average molecular weight is 389 g/mol. The Morgan fingerprint density at radius 3 is 2.62 bits per heavy atom. The molecule has 5 nitrogen and oxygen atoms in total. The lowest BCUT2D eigenvalue weighted by atomic mass is 10.0. The van der Waals surface area contributed by atoms with Gasteiger partial charge in [-0.2, -0.15) is 0 Å². The molecule has 1 saturated carbocycles. The third-order valence-electron chi connectivity index (χ3n) is 5.95. The third kappa shape index (κ3) is 3.95. The summed E-state index contributed by atoms with van der Waals surface area (Å²) in [5.74, 6) is -0.369. The summed E-state index contributed by atoms with van der Waals surface area (Å²) < 4.78 is 0. The predicted octanol–water partition coefficient (Wildman–Crippen LogP) is 4.15. The van der Waals surface area contributed by atoms with Crippen molar-refractivity contribution in [2.24, 2.45) is 10.9 Å². The van der Waals surface area contributed by atoms with Gasteiger partial charge in [0, 0.05) is 12.3 Å². The average Bonchev–Trinajstić information content (AvgIpc) is 3.12. The van der Waals surface area contributed by atoms with Crippen LogP contribution in [0.25, 0.3) is 0 Å². The summed E-state index contributed by atoms with van der Waals surface area (Å²) in [4.78, 5) is 32.5. The largest absolute Gasteiger partial charge is 0.350 e. The van der Waals surface area contributed by atoms with E-state index in [1.54, 1.807) is 4.90 Å². The number of rotatable bonds is 4. The number of aliphatic imine (C=N–C) groups is 1. The number of hydrogen-bond donors (Lipinski definition) is 1. The molecule has 5 heteroatoms. The molecule has 0 spiro atoms. The summed E-state index contributed by atoms with van der Waals surface area (Å²) in [6.45, 7) is 6.57. The number of fused-ring (bicyclic) bond motifs is 2. The highest BCUT2D eigenvalue weighted by atomic mass is 16.2. The van der Waals surface area contributed by atoms with Gasteiger partial charge in [-0.15, -0.1) is 0 Å². The van der Waals surface area contributed by atoms with Crippen LogP contribution in [0.3, 0.4) is 0 Å². The van der Waals surface area contributed by atoms with Crippen LogP contribution in [0.2, 0.25) is 0 Å². The van der Waals surface area contributed by atoms with E-state index in [1.807, 2.05) is 57.2 Å². The minimum absolute atomic E-state index is 0.00580. The molecule has 1 N–H and O–H groups in total. The van der Waals surface area contributed by atoms with Gasteiger partial charge in [-0.1, -0.05) is 29.8 Å². The predicted molar refractivity (Wildman–Crippen MR) is 116 cm³/mol. The van der Waals surface area contributed by atoms with Crippen molar-refractivity contribution in [2.45, 2.75) is 46.6 Å². The smallest absolute Gasteiger partial charge is 0.240 e. The highest BCUT2D eigenvalue weighted by Gasteiger charge is 2.37. The Bertz CT molecular complexity index is 992. The van der Waals surface area contributed by atoms with Crippen LogP contribution in [0.5, 0.6) is 0 Å². The molecule has 1 atom stereocenters. The van der Waals surface area contributed by atoms with Gasteiger partial charge in [-0.05, 0) is 68.9 Å². The third-order valence-corrected chi connectivity index (χ3v) is 5.95. The normalized spacial score (nSPS) is 18.0. The zero-order valence-electron chi connectivity index (χ0n) is 17.3. The van der Waals surface area contributed by atoms with Crippen molar-refractivity contribution in [3.63, 3.8) is 0 Å². The number of carbonyl (C=O) groups excluding carboxylic acids is 2. The maximum Gasteiger partial charge on any atom is 0.240 e. The fourth-order valence-electron chi connectivity index (χ4n) is 4.05. The molecule has 2 amide bonds. The number of amides is 2. The summed E-state index contributed by atoms with van der Waals surface area (Å²) >= 11 is 0. The molecule has 1 fully saturated rings. The summed E-state index contributed by atoms with van der Waals surface area (Å²) in [7, 11) is 0. The molecule has 0 aromatic heterocycles. The van der Waals surface area contributed by atoms with E-state index in [4.69, 9.17) is 4.99 Å². The second-order valence-electron chi connectivity index (χ2n) is 8.16. The zero-order valence-corrected chi connectivity index (χ0v) is 17.3. The SMILES string of the molecule is Cc1ccc(CNC(=O)CN2C(=O)[C@@H]3CCCC3=Nc3cc(C)c(C)cc32)cc1. The first kappa shape index (κ1) is 19.4. The van der Waals surface area contributed by atoms with E-state index in [1.165, 1.54) is 5.56 Å². The molecule has 2 aromatic carbocycles. The van der Waals surface area contributed by atoms with Gasteiger partial charge in [0.25, 0.3) is 0 Å². The van der Waals surface area contributed by atoms with Crippen LogP contribution < -0.4 is 10.2 Å². The molecule has 0 bridgehead atoms. The van der Waals surface area contributed by atoms with Gasteiger partial charge in [-0.25, -0.2) is 0 Å². The number of hydrogen-bond acceptors (Lipinski definition) is 3. The minimum atomic E-state index is -0.201. The number of carbonyl (C=O) groups is 2. The quantitative estimate of drug-likeness (QED) is 0.854. The highest BCUT2D eigenvalue weighted by Crippen LogP contribution is 2.39. The van der Waals surface area contributed by atoms with E-state index in [9.17, 15) is 9.59 Å². The first-order valence-electron chi connectivity index (χ1n) is 10.2. The standard InChI is InChI=1S/C24H27N3O2/c1-15-7-9-18(10-8-15)13-25-23(28)14-27-22-12-17(3)16(2)11-21(22)26-20-6-4-5-19(20)24(27)29/h7-12,19H,4-6,13-14H2,1-3H3,(H,25,28)/t19-/m1/s1. The number of nitrogens with one attached hydrogen (secondary N) is 1. The monoisotopic (exact) mass is 389 g/mol. The Kier molecular flexibility index (Phi) is 5.22. The van der Waals surface area contributed by atoms with Gasteiger partial charge in [0.15, 0.2) is 0 Å². The van der Waals surface area contributed by atoms with Crippen LogP contribution in [0.4, 0.5) is 11.4 Å². The van der Waals surface area contributed by atoms with E-state index < -0.39 is 0 Å². The Morgan fingerprint density at radius 2 is 1.86 bits per heavy atom. The molecular formula is C24H27N3O2. The molecule has 1 aliphatic heterocycles. The fourth-order valence-corrected chi connectivity index (χ4v) is 4.05. The molecule has 0 radical (unpaired) electrons. The van der Waals surface area contributed by atoms with E-state index in [0.717, 1.165) is 53.0 Å². The first-order valence-corrected chi connectivity index (χ1v) is 10.2. The van der Waals surface area contributed by atoms with Crippen LogP contribution in [-0.4, -0.2) is 24.1 Å². The molecule has 2 aromatic rings. The first-order chi connectivity index (χ1) is 13.9. The van der Waals surface area contributed by atoms with Gasteiger partial charge >= 0.3 is 0 Å². The summed E-state index contributed by atoms with van der Waals surface area (Å²) in [5, 5.41) is 2.95. The lowest BCUT2D eigenvalue weighted by Crippen LogP contribution is -2.43. The second kappa shape index (κ2) is 7.82. The van der Waals surface area contributed by atoms with Crippen molar-refractivity contribution in [1.29, 1.82) is 0 Å². The number of nitrogens with zero attached hydrogens (tertiary/aromatic N) is 2. The summed E-state index contributed by atoms with van der Waals surface area (Å²) in [5.41, 5.74) is 6.96. The minimum Gasteiger partial charge on any atom is -0.350 e. The number of anilines is 1. The van der Waals surface area contributed by atoms with E-state index in [0.29, 0.717) is 6.54 Å². The number of aryl methyl sites for hydroxylation is 3. The molecule has 0 saturated heterocycles. The van der Waals surface area contributed by atoms with Crippen LogP contribution in [-0.2, 0) is 16.1 Å². The van der Waals surface area contributed by atoms with Crippen LogP contribution in [0.15, 0.2) is 41.4 Å². The molecule has 2 aliphatic rings. The topological polar surface area (TPSA) is 61.8 Å². The van der Waals surface area contributed by atoms with Crippen molar-refractivity contribution in [3.05, 3.63) is 58.7 Å². The van der Waals surface area contributed by atoms with Gasteiger partial charge in [0.05, 0.1) is 17.3 Å². The summed E-state index contributed by atoms with van der Waals surface area (Å²) in [6.07, 6.45) is 2.64. The molecule has 4 rings (SSSR count). The Labute approximate surface area is 171 Å². The van der Waals surface area contributed by atoms with E-state index in [-0.39, 0.29) is 24.3 Å². The van der Waals surface area contributed by atoms with E-state index in [2.05, 4.69) is 5.32 Å². The van der Waals surface area contributed by atoms with Crippen molar-refractivity contribution in [1.82, 2.24) is 5.32 Å². The van der Waals surface area contributed by atoms with Gasteiger partial charge in [0.1, 0.15) is 6.54 Å². The van der Waals surface area contributed by atoms with Crippen molar-refractivity contribution < 1.29 is 9.59 Å². The van der Waals surface area contributed by atoms with Crippen LogP contribution >= 0.6 is 0 Å². The molecule has 29 heavy (non-hydrogen) atoms. The van der Waals surface area contributed by atoms with Crippen molar-refractivity contribution >= 4 is 28.9 Å². The maximum absolute atomic E-state index is 13.3. The highest BCUT2D eigenvalue weighted by molar-refractivity contribution is 6.16. The fraction of sp³-hybridized carbons (Fsp3) is 0.375. The Hall–Kier alpha value is -2.95. The molecular weight excluding hydrogens is 362 g/mol. The maximum atomic E-state index is 13.3. The Balaban J connectivity index is 1.57. The second-order valence-corrected chi connectivity index (χ2v) is 8.16. The van der Waals surface area contributed by atoms with Crippen LogP contribution in [0.1, 0.15) is 41.5 Å². The number of benzene rings is 2. The molecule has 1 heterocycles. The molecule has 0 unspecified atom stereocenters. The summed E-state index contributed by atoms with van der Waals surface area (Å²) in [6, 6.07) is 12.1. The lowest BCUT2D eigenvalue weighted by Gasteiger charge is -2.25. The zero-order chi connectivity index (χ0) is 20.5. The van der Waals surface area contributed by atoms with Gasteiger partial charge < -0.3 is 10.2 Å². The molecule has 150 valence electrons. The van der Waals surface area contributed by atoms with Gasteiger partial charge in [-0.3, -0.25) is 14.6 Å². The lowest BCUT2D eigenvalue weighted by molar-refractivity contribution is -0.124. The van der Waals surface area contributed by atoms with Crippen molar-refractivity contribution in [2.75, 3.05) is 11.4 Å². The molecule has 1 aliphatic carbocycles. The van der Waals surface area contributed by atoms with Gasteiger partial charge in [0.2, 0.25) is 11.8 Å². The van der Waals surface area contributed by atoms with Crippen molar-refractivity contribution in [3.8, 4) is 0 Å². The van der Waals surface area contributed by atoms with Crippen LogP contribution in [0, 0.1) is 26.7 Å². The Morgan fingerprint density at radius 1 is 1.14 bits per heavy atom. The van der Waals surface area contributed by atoms with E-state index >= 15 is 0 Å².